The number of carbonyl (C=O) groups excluding carboxylic acids is 4. The van der Waals surface area contributed by atoms with Crippen LogP contribution in [0.5, 0.6) is 0 Å². The molecule has 2 aliphatic heterocycles. The van der Waals surface area contributed by atoms with E-state index in [4.69, 9.17) is 33.7 Å². The molecule has 1 fully saturated rings. The number of hydrogen-bond donors (Lipinski definition) is 1. The number of thiazole rings is 1. The summed E-state index contributed by atoms with van der Waals surface area (Å²) >= 11 is 12.7. The van der Waals surface area contributed by atoms with Gasteiger partial charge in [0.1, 0.15) is 6.04 Å². The first-order valence-electron chi connectivity index (χ1n) is 11.2. The molecule has 4 heterocycles. The van der Waals surface area contributed by atoms with E-state index in [0.29, 0.717) is 24.1 Å². The van der Waals surface area contributed by atoms with Crippen LogP contribution in [0.1, 0.15) is 44.3 Å². The van der Waals surface area contributed by atoms with Gasteiger partial charge in [-0.3, -0.25) is 14.4 Å². The number of fused-ring (bicyclic) bond motifs is 1. The van der Waals surface area contributed by atoms with Crippen molar-refractivity contribution in [3.8, 4) is 5.69 Å². The number of hydrogen-bond acceptors (Lipinski definition) is 9. The van der Waals surface area contributed by atoms with Crippen molar-refractivity contribution in [2.75, 3.05) is 6.61 Å². The summed E-state index contributed by atoms with van der Waals surface area (Å²) < 4.78 is 21.7. The third-order valence-electron chi connectivity index (χ3n) is 6.23. The second-order valence-corrected chi connectivity index (χ2v) is 10.4. The van der Waals surface area contributed by atoms with Crippen molar-refractivity contribution in [1.29, 1.82) is 0 Å². The van der Waals surface area contributed by atoms with E-state index < -0.39 is 48.1 Å². The van der Waals surface area contributed by atoms with Gasteiger partial charge in [-0.25, -0.2) is 18.9 Å². The van der Waals surface area contributed by atoms with E-state index >= 15 is 4.39 Å². The van der Waals surface area contributed by atoms with Crippen LogP contribution in [0.2, 0.25) is 10.2 Å². The zero-order chi connectivity index (χ0) is 27.1. The molecule has 0 bridgehead atoms. The Labute approximate surface area is 228 Å². The predicted molar refractivity (Wildman–Crippen MR) is 134 cm³/mol. The summed E-state index contributed by atoms with van der Waals surface area (Å²) in [6.07, 6.45) is 4.85. The minimum absolute atomic E-state index is 0.0361. The Bertz CT molecular complexity index is 1520. The van der Waals surface area contributed by atoms with Crippen LogP contribution in [0.15, 0.2) is 30.6 Å². The largest absolute Gasteiger partial charge is 0.456 e. The van der Waals surface area contributed by atoms with E-state index in [2.05, 4.69) is 15.3 Å². The lowest BCUT2D eigenvalue weighted by Crippen LogP contribution is -2.47. The first kappa shape index (κ1) is 25.9. The van der Waals surface area contributed by atoms with E-state index in [1.54, 1.807) is 6.07 Å². The molecule has 2 N–H and O–H groups in total. The van der Waals surface area contributed by atoms with Crippen LogP contribution in [-0.4, -0.2) is 67.1 Å². The Morgan fingerprint density at radius 3 is 2.71 bits per heavy atom. The summed E-state index contributed by atoms with van der Waals surface area (Å²) in [5.74, 6) is -3.29. The van der Waals surface area contributed by atoms with Gasteiger partial charge in [0.05, 0.1) is 21.8 Å². The molecule has 5 rings (SSSR count). The molecule has 15 heteroatoms. The van der Waals surface area contributed by atoms with Gasteiger partial charge in [0.2, 0.25) is 11.7 Å². The van der Waals surface area contributed by atoms with Crippen LogP contribution >= 0.6 is 34.5 Å². The minimum Gasteiger partial charge on any atom is -0.456 e. The monoisotopic (exact) mass is 578 g/mol. The zero-order valence-electron chi connectivity index (χ0n) is 19.3. The second kappa shape index (κ2) is 10.2. The molecule has 1 aromatic carbocycles. The van der Waals surface area contributed by atoms with Gasteiger partial charge in [0.15, 0.2) is 22.6 Å². The molecule has 0 radical (unpaired) electrons. The average molecular weight is 579 g/mol. The number of halogens is 3. The second-order valence-electron chi connectivity index (χ2n) is 8.53. The maximum Gasteiger partial charge on any atom is 0.329 e. The third-order valence-corrected chi connectivity index (χ3v) is 7.74. The zero-order valence-corrected chi connectivity index (χ0v) is 21.6. The van der Waals surface area contributed by atoms with Crippen molar-refractivity contribution >= 4 is 63.7 Å². The van der Waals surface area contributed by atoms with Gasteiger partial charge in [-0.1, -0.05) is 28.4 Å². The lowest BCUT2D eigenvalue weighted by Gasteiger charge is -2.33. The Morgan fingerprint density at radius 2 is 2.03 bits per heavy atom. The van der Waals surface area contributed by atoms with Crippen LogP contribution in [0.3, 0.4) is 0 Å². The normalized spacial score (nSPS) is 18.8. The van der Waals surface area contributed by atoms with Gasteiger partial charge >= 0.3 is 5.97 Å². The molecule has 1 saturated heterocycles. The fraction of sp³-hybridized carbons (Fsp3) is 0.261. The van der Waals surface area contributed by atoms with Gasteiger partial charge in [-0.05, 0) is 37.0 Å². The number of ether oxygens (including phenoxy) is 1. The third kappa shape index (κ3) is 4.79. The fourth-order valence-electron chi connectivity index (χ4n) is 4.58. The van der Waals surface area contributed by atoms with Crippen molar-refractivity contribution in [2.45, 2.75) is 31.3 Å². The Balaban J connectivity index is 1.34. The molecule has 38 heavy (non-hydrogen) atoms. The number of aromatic nitrogens is 4. The Hall–Kier alpha value is -3.68. The van der Waals surface area contributed by atoms with Crippen LogP contribution in [0.4, 0.5) is 4.39 Å². The summed E-state index contributed by atoms with van der Waals surface area (Å²) in [5.41, 5.74) is 5.91. The predicted octanol–water partition coefficient (Wildman–Crippen LogP) is 2.84. The summed E-state index contributed by atoms with van der Waals surface area (Å²) in [7, 11) is 0. The first-order valence-corrected chi connectivity index (χ1v) is 12.8. The van der Waals surface area contributed by atoms with Crippen LogP contribution in [-0.2, 0) is 14.3 Å². The molecular weight excluding hydrogens is 562 g/mol. The maximum atomic E-state index is 15.2. The van der Waals surface area contributed by atoms with Gasteiger partial charge in [0.25, 0.3) is 5.91 Å². The maximum absolute atomic E-state index is 15.2. The van der Waals surface area contributed by atoms with Gasteiger partial charge in [-0.15, -0.1) is 16.4 Å². The minimum atomic E-state index is -0.904. The Morgan fingerprint density at radius 1 is 1.24 bits per heavy atom. The highest BCUT2D eigenvalue weighted by molar-refractivity contribution is 7.15. The lowest BCUT2D eigenvalue weighted by atomic mass is 9.92. The SMILES string of the molecule is NC(=O)c1ncc(C(=O)COC(=O)[C@@H]2CCC3CC(c4c(-n5cc(Cl)nn5)ccc(Cl)c4F)=CC(=O)N32)s1. The van der Waals surface area contributed by atoms with Gasteiger partial charge in [0, 0.05) is 23.9 Å². The lowest BCUT2D eigenvalue weighted by molar-refractivity contribution is -0.152. The van der Waals surface area contributed by atoms with E-state index in [0.717, 1.165) is 11.3 Å². The number of nitrogens with zero attached hydrogens (tertiary/aromatic N) is 5. The molecule has 0 spiro atoms. The van der Waals surface area contributed by atoms with E-state index in [9.17, 15) is 19.2 Å². The number of primary amides is 1. The highest BCUT2D eigenvalue weighted by Crippen LogP contribution is 2.40. The van der Waals surface area contributed by atoms with Gasteiger partial charge < -0.3 is 15.4 Å². The van der Waals surface area contributed by atoms with Crippen LogP contribution in [0.25, 0.3) is 11.3 Å². The number of amides is 2. The molecule has 2 aliphatic rings. The molecule has 2 amide bonds. The summed E-state index contributed by atoms with van der Waals surface area (Å²) in [5, 5.41) is 7.54. The number of carbonyl (C=O) groups is 4. The molecule has 3 aromatic rings. The molecule has 2 aromatic heterocycles. The van der Waals surface area contributed by atoms with E-state index in [1.165, 1.54) is 34.1 Å². The molecule has 0 aliphatic carbocycles. The number of benzene rings is 1. The number of Topliss-reactive ketones (excluding diaryl/α,β-unsaturated/α-hetero) is 1. The van der Waals surface area contributed by atoms with Crippen molar-refractivity contribution < 1.29 is 28.3 Å². The molecule has 1 unspecified atom stereocenters. The number of esters is 1. The fourth-order valence-corrected chi connectivity index (χ4v) is 5.55. The standard InChI is InChI=1S/C23H17Cl2FN6O5S/c24-12-2-4-13(31-8-17(25)29-30-31)19(20(12)26)10-5-11-1-3-14(32(11)18(34)6-10)23(36)37-9-15(33)16-7-28-22(38-16)21(27)35/h2,4,6-8,11,14H,1,3,5,9H2,(H2,27,35)/t11?,14-/m0/s1. The van der Waals surface area contributed by atoms with Crippen molar-refractivity contribution in [1.82, 2.24) is 24.9 Å². The van der Waals surface area contributed by atoms with Gasteiger partial charge in [-0.2, -0.15) is 0 Å². The van der Waals surface area contributed by atoms with Crippen LogP contribution in [0, 0.1) is 5.82 Å². The Kier molecular flexibility index (Phi) is 6.99. The topological polar surface area (TPSA) is 150 Å². The average Bonchev–Trinajstić information content (AvgIpc) is 3.63. The molecule has 196 valence electrons. The summed E-state index contributed by atoms with van der Waals surface area (Å²) in [4.78, 5) is 54.7. The van der Waals surface area contributed by atoms with Crippen molar-refractivity contribution in [3.05, 3.63) is 62.0 Å². The van der Waals surface area contributed by atoms with Crippen molar-refractivity contribution in [3.63, 3.8) is 0 Å². The number of ketones is 1. The number of nitrogens with two attached hydrogens (primary N) is 1. The molecular formula is C23H17Cl2FN6O5S. The molecule has 0 saturated carbocycles. The summed E-state index contributed by atoms with van der Waals surface area (Å²) in [6.45, 7) is -0.582. The summed E-state index contributed by atoms with van der Waals surface area (Å²) in [6, 6.07) is 1.61. The highest BCUT2D eigenvalue weighted by Gasteiger charge is 2.44. The van der Waals surface area contributed by atoms with Crippen LogP contribution < -0.4 is 5.73 Å². The smallest absolute Gasteiger partial charge is 0.329 e. The van der Waals surface area contributed by atoms with E-state index in [-0.39, 0.29) is 32.0 Å². The molecule has 11 nitrogen and oxygen atoms in total. The highest BCUT2D eigenvalue weighted by atomic mass is 35.5. The molecule has 2 atom stereocenters. The van der Waals surface area contributed by atoms with Crippen molar-refractivity contribution in [2.24, 2.45) is 5.73 Å². The first-order chi connectivity index (χ1) is 18.1. The number of rotatable bonds is 7. The van der Waals surface area contributed by atoms with E-state index in [1.807, 2.05) is 0 Å². The quantitative estimate of drug-likeness (QED) is 0.332.